The van der Waals surface area contributed by atoms with Gasteiger partial charge in [0.05, 0.1) is 13.0 Å². The van der Waals surface area contributed by atoms with Crippen LogP contribution < -0.4 is 10.6 Å². The third-order valence-electron chi connectivity index (χ3n) is 2.47. The van der Waals surface area contributed by atoms with Crippen LogP contribution in [0.3, 0.4) is 0 Å². The van der Waals surface area contributed by atoms with Gasteiger partial charge in [0, 0.05) is 17.6 Å². The number of ether oxygens (including phenoxy) is 1. The number of halogens is 2. The number of hydrogen-bond acceptors (Lipinski definition) is 4. The van der Waals surface area contributed by atoms with E-state index in [1.807, 2.05) is 0 Å². The number of esters is 1. The van der Waals surface area contributed by atoms with Crippen LogP contribution in [-0.2, 0) is 25.5 Å². The van der Waals surface area contributed by atoms with E-state index in [1.54, 1.807) is 0 Å². The van der Waals surface area contributed by atoms with Crippen LogP contribution in [0.1, 0.15) is 5.56 Å². The summed E-state index contributed by atoms with van der Waals surface area (Å²) in [4.78, 5) is 33.7. The molecule has 0 aliphatic carbocycles. The molecule has 0 fully saturated rings. The molecule has 0 radical (unpaired) electrons. The van der Waals surface area contributed by atoms with Gasteiger partial charge in [0.15, 0.2) is 6.61 Å². The van der Waals surface area contributed by atoms with Crippen LogP contribution in [0.5, 0.6) is 0 Å². The number of benzene rings is 1. The largest absolute Gasteiger partial charge is 0.455 e. The van der Waals surface area contributed by atoms with Gasteiger partial charge in [-0.15, -0.1) is 0 Å². The van der Waals surface area contributed by atoms with E-state index in [1.165, 1.54) is 25.2 Å². The fraction of sp³-hybridized carbons (Fsp3) is 0.308. The van der Waals surface area contributed by atoms with Crippen LogP contribution in [0.15, 0.2) is 18.2 Å². The van der Waals surface area contributed by atoms with Crippen molar-refractivity contribution in [1.82, 2.24) is 10.6 Å². The molecule has 6 nitrogen and oxygen atoms in total. The topological polar surface area (TPSA) is 84.5 Å². The number of rotatable bonds is 6. The zero-order chi connectivity index (χ0) is 15.8. The van der Waals surface area contributed by atoms with Gasteiger partial charge >= 0.3 is 5.97 Å². The zero-order valence-electron chi connectivity index (χ0n) is 11.2. The lowest BCUT2D eigenvalue weighted by Gasteiger charge is -2.07. The van der Waals surface area contributed by atoms with Crippen molar-refractivity contribution in [2.24, 2.45) is 0 Å². The molecule has 8 heteroatoms. The number of carbonyl (C=O) groups excluding carboxylic acids is 3. The molecule has 2 amide bonds. The molecule has 0 saturated heterocycles. The summed E-state index contributed by atoms with van der Waals surface area (Å²) >= 11 is 5.77. The van der Waals surface area contributed by atoms with Crippen molar-refractivity contribution in [3.63, 3.8) is 0 Å². The van der Waals surface area contributed by atoms with E-state index in [2.05, 4.69) is 15.4 Å². The molecular weight excluding hydrogens is 303 g/mol. The van der Waals surface area contributed by atoms with Crippen molar-refractivity contribution in [1.29, 1.82) is 0 Å². The molecule has 0 aliphatic heterocycles. The summed E-state index contributed by atoms with van der Waals surface area (Å²) in [6.07, 6.45) is -0.381. The Morgan fingerprint density at radius 1 is 1.29 bits per heavy atom. The van der Waals surface area contributed by atoms with Gasteiger partial charge in [-0.25, -0.2) is 4.39 Å². The smallest absolute Gasteiger partial charge is 0.310 e. The standard InChI is InChI=1S/C13H14ClFN2O4/c1-16-11(18)6-17-12(19)7-21-13(20)5-8-9(14)3-2-4-10(8)15/h2-4H,5-7H2,1H3,(H,16,18)(H,17,19). The monoisotopic (exact) mass is 316 g/mol. The minimum atomic E-state index is -0.794. The highest BCUT2D eigenvalue weighted by Crippen LogP contribution is 2.19. The fourth-order valence-electron chi connectivity index (χ4n) is 1.36. The lowest BCUT2D eigenvalue weighted by molar-refractivity contribution is -0.148. The van der Waals surface area contributed by atoms with Gasteiger partial charge in [-0.3, -0.25) is 14.4 Å². The molecule has 0 aromatic heterocycles. The van der Waals surface area contributed by atoms with Gasteiger partial charge in [0.2, 0.25) is 5.91 Å². The Morgan fingerprint density at radius 3 is 2.62 bits per heavy atom. The predicted molar refractivity (Wildman–Crippen MR) is 73.1 cm³/mol. The lowest BCUT2D eigenvalue weighted by atomic mass is 10.1. The summed E-state index contributed by atoms with van der Waals surface area (Å²) in [5.74, 6) is -2.43. The summed E-state index contributed by atoms with van der Waals surface area (Å²) in [5, 5.41) is 4.67. The third-order valence-corrected chi connectivity index (χ3v) is 2.83. The predicted octanol–water partition coefficient (Wildman–Crippen LogP) is 0.427. The van der Waals surface area contributed by atoms with E-state index in [0.29, 0.717) is 0 Å². The molecule has 0 aliphatic rings. The summed E-state index contributed by atoms with van der Waals surface area (Å²) < 4.78 is 18.1. The summed E-state index contributed by atoms with van der Waals surface area (Å²) in [6, 6.07) is 4.03. The van der Waals surface area contributed by atoms with Crippen molar-refractivity contribution in [2.45, 2.75) is 6.42 Å². The Hall–Kier alpha value is -2.15. The molecule has 1 rings (SSSR count). The maximum absolute atomic E-state index is 13.4. The maximum atomic E-state index is 13.4. The van der Waals surface area contributed by atoms with Crippen molar-refractivity contribution in [3.8, 4) is 0 Å². The minimum absolute atomic E-state index is 0.00920. The lowest BCUT2D eigenvalue weighted by Crippen LogP contribution is -2.37. The number of hydrogen-bond donors (Lipinski definition) is 2. The van der Waals surface area contributed by atoms with E-state index in [9.17, 15) is 18.8 Å². The molecule has 0 heterocycles. The molecule has 2 N–H and O–H groups in total. The molecule has 1 aromatic rings. The minimum Gasteiger partial charge on any atom is -0.455 e. The van der Waals surface area contributed by atoms with E-state index in [0.717, 1.165) is 0 Å². The number of likely N-dealkylation sites (N-methyl/N-ethyl adjacent to an activating group) is 1. The summed E-state index contributed by atoms with van der Waals surface area (Å²) in [7, 11) is 1.42. The van der Waals surface area contributed by atoms with Crippen LogP contribution in [0.2, 0.25) is 5.02 Å². The Bertz CT molecular complexity index is 531. The second-order valence-electron chi connectivity index (χ2n) is 3.99. The van der Waals surface area contributed by atoms with Gasteiger partial charge in [-0.05, 0) is 12.1 Å². The first kappa shape index (κ1) is 16.9. The SMILES string of the molecule is CNC(=O)CNC(=O)COC(=O)Cc1c(F)cccc1Cl. The van der Waals surface area contributed by atoms with E-state index in [4.69, 9.17) is 11.6 Å². The highest BCUT2D eigenvalue weighted by Gasteiger charge is 2.14. The first-order valence-corrected chi connectivity index (χ1v) is 6.37. The fourth-order valence-corrected chi connectivity index (χ4v) is 1.59. The molecule has 21 heavy (non-hydrogen) atoms. The molecule has 1 aromatic carbocycles. The molecule has 0 unspecified atom stereocenters. The van der Waals surface area contributed by atoms with Gasteiger partial charge in [0.25, 0.3) is 5.91 Å². The highest BCUT2D eigenvalue weighted by atomic mass is 35.5. The molecule has 0 saturated carbocycles. The van der Waals surface area contributed by atoms with Crippen molar-refractivity contribution >= 4 is 29.4 Å². The van der Waals surface area contributed by atoms with Crippen molar-refractivity contribution in [3.05, 3.63) is 34.6 Å². The second kappa shape index (κ2) is 8.21. The Labute approximate surface area is 125 Å². The van der Waals surface area contributed by atoms with Gasteiger partial charge < -0.3 is 15.4 Å². The van der Waals surface area contributed by atoms with E-state index >= 15 is 0 Å². The van der Waals surface area contributed by atoms with Crippen LogP contribution in [-0.4, -0.2) is 38.0 Å². The summed E-state index contributed by atoms with van der Waals surface area (Å²) in [6.45, 7) is -0.770. The quantitative estimate of drug-likeness (QED) is 0.745. The molecule has 0 bridgehead atoms. The van der Waals surface area contributed by atoms with Crippen molar-refractivity contribution in [2.75, 3.05) is 20.2 Å². The highest BCUT2D eigenvalue weighted by molar-refractivity contribution is 6.31. The second-order valence-corrected chi connectivity index (χ2v) is 4.39. The third kappa shape index (κ3) is 5.78. The zero-order valence-corrected chi connectivity index (χ0v) is 12.0. The van der Waals surface area contributed by atoms with E-state index in [-0.39, 0.29) is 29.5 Å². The molecular formula is C13H14ClFN2O4. The number of amides is 2. The van der Waals surface area contributed by atoms with Crippen molar-refractivity contribution < 1.29 is 23.5 Å². The van der Waals surface area contributed by atoms with Crippen LogP contribution in [0.25, 0.3) is 0 Å². The first-order chi connectivity index (χ1) is 9.93. The average Bonchev–Trinajstić information content (AvgIpc) is 2.46. The first-order valence-electron chi connectivity index (χ1n) is 5.99. The van der Waals surface area contributed by atoms with Crippen LogP contribution in [0, 0.1) is 5.82 Å². The number of nitrogens with one attached hydrogen (secondary N) is 2. The molecule has 0 spiro atoms. The van der Waals surface area contributed by atoms with Crippen LogP contribution in [0.4, 0.5) is 4.39 Å². The molecule has 0 atom stereocenters. The van der Waals surface area contributed by atoms with E-state index < -0.39 is 24.3 Å². The molecule has 114 valence electrons. The van der Waals surface area contributed by atoms with Gasteiger partial charge in [0.1, 0.15) is 5.82 Å². The van der Waals surface area contributed by atoms with Gasteiger partial charge in [-0.1, -0.05) is 17.7 Å². The Balaban J connectivity index is 2.41. The number of carbonyl (C=O) groups is 3. The van der Waals surface area contributed by atoms with Gasteiger partial charge in [-0.2, -0.15) is 0 Å². The Morgan fingerprint density at radius 2 is 2.00 bits per heavy atom. The Kier molecular flexibility index (Phi) is 6.61. The maximum Gasteiger partial charge on any atom is 0.310 e. The van der Waals surface area contributed by atoms with Crippen LogP contribution >= 0.6 is 11.6 Å². The summed E-state index contributed by atoms with van der Waals surface area (Å²) in [5.41, 5.74) is 0.00920. The normalized spacial score (nSPS) is 9.86. The average molecular weight is 317 g/mol.